The van der Waals surface area contributed by atoms with Gasteiger partial charge in [-0.3, -0.25) is 14.4 Å². The second kappa shape index (κ2) is 9.05. The smallest absolute Gasteiger partial charge is 0.325 e. The van der Waals surface area contributed by atoms with Crippen LogP contribution in [0.4, 0.5) is 0 Å². The van der Waals surface area contributed by atoms with E-state index < -0.39 is 12.0 Å². The minimum absolute atomic E-state index is 0.00805. The largest absolute Gasteiger partial charge is 0.493 e. The number of carboxylic acids is 1. The number of hydrogen-bond donors (Lipinski definition) is 2. The molecule has 0 saturated carbocycles. The van der Waals surface area contributed by atoms with Gasteiger partial charge in [0.05, 0.1) is 13.0 Å². The summed E-state index contributed by atoms with van der Waals surface area (Å²) >= 11 is 0. The third kappa shape index (κ3) is 5.77. The van der Waals surface area contributed by atoms with Gasteiger partial charge in [-0.2, -0.15) is 0 Å². The predicted octanol–water partition coefficient (Wildman–Crippen LogP) is 1.28. The summed E-state index contributed by atoms with van der Waals surface area (Å²) in [5, 5.41) is 11.3. The monoisotopic (exact) mass is 348 g/mol. The van der Waals surface area contributed by atoms with Crippen molar-refractivity contribution in [2.45, 2.75) is 32.2 Å². The topological polar surface area (TPSA) is 95.9 Å². The Morgan fingerprint density at radius 2 is 1.88 bits per heavy atom. The molecule has 0 aliphatic carbocycles. The number of aliphatic carboxylic acids is 1. The van der Waals surface area contributed by atoms with Gasteiger partial charge in [0.25, 0.3) is 0 Å². The number of carbonyl (C=O) groups is 3. The maximum absolute atomic E-state index is 12.2. The fourth-order valence-corrected chi connectivity index (χ4v) is 2.72. The second-order valence-corrected chi connectivity index (χ2v) is 6.14. The number of ether oxygens (including phenoxy) is 1. The number of hydrogen-bond acceptors (Lipinski definition) is 4. The lowest BCUT2D eigenvalue weighted by Gasteiger charge is -2.31. The van der Waals surface area contributed by atoms with Gasteiger partial charge in [-0.25, -0.2) is 0 Å². The van der Waals surface area contributed by atoms with E-state index in [1.165, 1.54) is 6.92 Å². The molecule has 1 saturated heterocycles. The second-order valence-electron chi connectivity index (χ2n) is 6.14. The summed E-state index contributed by atoms with van der Waals surface area (Å²) in [5.74, 6) is -0.813. The highest BCUT2D eigenvalue weighted by Crippen LogP contribution is 2.18. The average Bonchev–Trinajstić information content (AvgIpc) is 2.62. The van der Waals surface area contributed by atoms with E-state index in [0.29, 0.717) is 39.0 Å². The molecule has 1 aliphatic heterocycles. The van der Waals surface area contributed by atoms with E-state index in [-0.39, 0.29) is 17.7 Å². The average molecular weight is 348 g/mol. The number of benzene rings is 1. The molecular formula is C18H24N2O5. The van der Waals surface area contributed by atoms with Crippen molar-refractivity contribution in [3.05, 3.63) is 30.3 Å². The molecule has 1 aliphatic rings. The first-order chi connectivity index (χ1) is 12.0. The van der Waals surface area contributed by atoms with Gasteiger partial charge in [-0.1, -0.05) is 18.2 Å². The zero-order valence-electron chi connectivity index (χ0n) is 14.3. The molecule has 7 nitrogen and oxygen atoms in total. The maximum atomic E-state index is 12.2. The van der Waals surface area contributed by atoms with Crippen molar-refractivity contribution >= 4 is 17.8 Å². The van der Waals surface area contributed by atoms with Crippen LogP contribution in [-0.4, -0.2) is 53.5 Å². The lowest BCUT2D eigenvalue weighted by Crippen LogP contribution is -2.46. The lowest BCUT2D eigenvalue weighted by atomic mass is 9.95. The molecule has 7 heteroatoms. The van der Waals surface area contributed by atoms with Gasteiger partial charge >= 0.3 is 5.97 Å². The lowest BCUT2D eigenvalue weighted by molar-refractivity contribution is -0.142. The first-order valence-corrected chi connectivity index (χ1v) is 8.46. The molecule has 0 radical (unpaired) electrons. The maximum Gasteiger partial charge on any atom is 0.325 e. The van der Waals surface area contributed by atoms with Gasteiger partial charge in [-0.05, 0) is 31.9 Å². The van der Waals surface area contributed by atoms with Gasteiger partial charge in [0.15, 0.2) is 0 Å². The van der Waals surface area contributed by atoms with Crippen LogP contribution in [0.1, 0.15) is 26.2 Å². The number of amides is 2. The Labute approximate surface area is 147 Å². The molecule has 0 spiro atoms. The molecule has 25 heavy (non-hydrogen) atoms. The minimum Gasteiger partial charge on any atom is -0.493 e. The number of para-hydroxylation sites is 1. The molecule has 2 N–H and O–H groups in total. The van der Waals surface area contributed by atoms with Crippen molar-refractivity contribution in [1.29, 1.82) is 0 Å². The SMILES string of the molecule is C[C@H](NC(=O)C1CCN(C(=O)CCOc2ccccc2)CC1)C(=O)O. The molecular weight excluding hydrogens is 324 g/mol. The Hall–Kier alpha value is -2.57. The summed E-state index contributed by atoms with van der Waals surface area (Å²) < 4.78 is 5.53. The molecule has 1 heterocycles. The van der Waals surface area contributed by atoms with Crippen molar-refractivity contribution in [1.82, 2.24) is 10.2 Å². The molecule has 2 amide bonds. The summed E-state index contributed by atoms with van der Waals surface area (Å²) in [5.41, 5.74) is 0. The summed E-state index contributed by atoms with van der Waals surface area (Å²) in [6.45, 7) is 2.76. The normalized spacial score (nSPS) is 16.1. The summed E-state index contributed by atoms with van der Waals surface area (Å²) in [4.78, 5) is 36.7. The molecule has 0 unspecified atom stereocenters. The Balaban J connectivity index is 1.69. The summed E-state index contributed by atoms with van der Waals surface area (Å²) in [6, 6.07) is 8.42. The highest BCUT2D eigenvalue weighted by Gasteiger charge is 2.28. The number of nitrogens with zero attached hydrogens (tertiary/aromatic N) is 1. The van der Waals surface area contributed by atoms with Gasteiger partial charge in [-0.15, -0.1) is 0 Å². The van der Waals surface area contributed by atoms with Crippen LogP contribution in [0.2, 0.25) is 0 Å². The van der Waals surface area contributed by atoms with E-state index in [1.807, 2.05) is 30.3 Å². The fraction of sp³-hybridized carbons (Fsp3) is 0.500. The van der Waals surface area contributed by atoms with Crippen LogP contribution in [0.5, 0.6) is 5.75 Å². The first kappa shape index (κ1) is 18.8. The van der Waals surface area contributed by atoms with Crippen LogP contribution >= 0.6 is 0 Å². The van der Waals surface area contributed by atoms with Crippen molar-refractivity contribution in [3.8, 4) is 5.75 Å². The van der Waals surface area contributed by atoms with E-state index in [2.05, 4.69) is 5.32 Å². The quantitative estimate of drug-likeness (QED) is 0.774. The van der Waals surface area contributed by atoms with Crippen LogP contribution in [0.15, 0.2) is 30.3 Å². The van der Waals surface area contributed by atoms with Crippen molar-refractivity contribution in [3.63, 3.8) is 0 Å². The molecule has 1 aromatic carbocycles. The van der Waals surface area contributed by atoms with Crippen molar-refractivity contribution < 1.29 is 24.2 Å². The number of piperidine rings is 1. The van der Waals surface area contributed by atoms with E-state index in [0.717, 1.165) is 5.75 Å². The van der Waals surface area contributed by atoms with E-state index in [4.69, 9.17) is 9.84 Å². The number of nitrogens with one attached hydrogen (secondary N) is 1. The highest BCUT2D eigenvalue weighted by atomic mass is 16.5. The molecule has 1 atom stereocenters. The molecule has 1 aromatic rings. The Morgan fingerprint density at radius 1 is 1.24 bits per heavy atom. The van der Waals surface area contributed by atoms with Gasteiger partial charge in [0, 0.05) is 19.0 Å². The van der Waals surface area contributed by atoms with Gasteiger partial charge in [0.2, 0.25) is 11.8 Å². The molecule has 2 rings (SSSR count). The highest BCUT2D eigenvalue weighted by molar-refractivity contribution is 5.85. The van der Waals surface area contributed by atoms with E-state index >= 15 is 0 Å². The zero-order valence-corrected chi connectivity index (χ0v) is 14.3. The van der Waals surface area contributed by atoms with Crippen LogP contribution in [0.3, 0.4) is 0 Å². The zero-order chi connectivity index (χ0) is 18.2. The minimum atomic E-state index is -1.06. The molecule has 0 aromatic heterocycles. The summed E-state index contributed by atoms with van der Waals surface area (Å²) in [6.07, 6.45) is 1.38. The number of carboxylic acid groups (broad SMARTS) is 1. The standard InChI is InChI=1S/C18H24N2O5/c1-13(18(23)24)19-17(22)14-7-10-20(11-8-14)16(21)9-12-25-15-5-3-2-4-6-15/h2-6,13-14H,7-12H2,1H3,(H,19,22)(H,23,24)/t13-/m0/s1. The van der Waals surface area contributed by atoms with Crippen LogP contribution in [0.25, 0.3) is 0 Å². The molecule has 1 fully saturated rings. The predicted molar refractivity (Wildman–Crippen MR) is 91.1 cm³/mol. The Kier molecular flexibility index (Phi) is 6.80. The third-order valence-corrected chi connectivity index (χ3v) is 4.28. The summed E-state index contributed by atoms with van der Waals surface area (Å²) in [7, 11) is 0. The van der Waals surface area contributed by atoms with E-state index in [1.54, 1.807) is 4.90 Å². The van der Waals surface area contributed by atoms with Gasteiger partial charge < -0.3 is 20.1 Å². The van der Waals surface area contributed by atoms with Crippen LogP contribution < -0.4 is 10.1 Å². The third-order valence-electron chi connectivity index (χ3n) is 4.28. The number of carbonyl (C=O) groups excluding carboxylic acids is 2. The van der Waals surface area contributed by atoms with Crippen molar-refractivity contribution in [2.24, 2.45) is 5.92 Å². The Morgan fingerprint density at radius 3 is 2.48 bits per heavy atom. The molecule has 136 valence electrons. The molecule has 0 bridgehead atoms. The van der Waals surface area contributed by atoms with Crippen LogP contribution in [-0.2, 0) is 14.4 Å². The fourth-order valence-electron chi connectivity index (χ4n) is 2.72. The van der Waals surface area contributed by atoms with E-state index in [9.17, 15) is 14.4 Å². The van der Waals surface area contributed by atoms with Crippen LogP contribution in [0, 0.1) is 5.92 Å². The van der Waals surface area contributed by atoms with Gasteiger partial charge in [0.1, 0.15) is 11.8 Å². The number of likely N-dealkylation sites (tertiary alicyclic amines) is 1. The Bertz CT molecular complexity index is 597. The first-order valence-electron chi connectivity index (χ1n) is 8.46. The number of rotatable bonds is 7. The van der Waals surface area contributed by atoms with Crippen molar-refractivity contribution in [2.75, 3.05) is 19.7 Å².